The van der Waals surface area contributed by atoms with Crippen LogP contribution < -0.4 is 10.9 Å². The summed E-state index contributed by atoms with van der Waals surface area (Å²) in [5.74, 6) is -0.673. The van der Waals surface area contributed by atoms with Crippen LogP contribution in [0.4, 0.5) is 0 Å². The maximum absolute atomic E-state index is 11.7. The van der Waals surface area contributed by atoms with Gasteiger partial charge in [0, 0.05) is 12.7 Å². The molecule has 0 unspecified atom stereocenters. The molecule has 2 rings (SSSR count). The summed E-state index contributed by atoms with van der Waals surface area (Å²) in [5, 5.41) is 2.18. The summed E-state index contributed by atoms with van der Waals surface area (Å²) >= 11 is 0. The zero-order valence-corrected chi connectivity index (χ0v) is 13.0. The van der Waals surface area contributed by atoms with Gasteiger partial charge >= 0.3 is 0 Å². The molecular weight excluding hydrogens is 292 g/mol. The van der Waals surface area contributed by atoms with Gasteiger partial charge in [0.05, 0.1) is 13.0 Å². The Balaban J connectivity index is 1.89. The highest BCUT2D eigenvalue weighted by Gasteiger charge is 2.02. The number of fused-ring (bicyclic) bond motifs is 1. The van der Waals surface area contributed by atoms with Crippen LogP contribution in [0.1, 0.15) is 18.9 Å². The molecule has 23 heavy (non-hydrogen) atoms. The Morgan fingerprint density at radius 3 is 2.70 bits per heavy atom. The molecule has 0 atom stereocenters. The number of amides is 2. The topological polar surface area (TPSA) is 67.4 Å². The molecule has 2 aromatic carbocycles. The van der Waals surface area contributed by atoms with Crippen LogP contribution in [0.2, 0.25) is 0 Å². The summed E-state index contributed by atoms with van der Waals surface area (Å²) in [7, 11) is 0. The van der Waals surface area contributed by atoms with Crippen molar-refractivity contribution in [3.63, 3.8) is 0 Å². The van der Waals surface area contributed by atoms with Crippen molar-refractivity contribution in [1.29, 1.82) is 0 Å². The first kappa shape index (κ1) is 16.7. The zero-order chi connectivity index (χ0) is 16.5. The number of nitrogens with one attached hydrogen (secondary N) is 2. The average molecular weight is 312 g/mol. The highest BCUT2D eigenvalue weighted by atomic mass is 16.5. The molecule has 120 valence electrons. The van der Waals surface area contributed by atoms with Gasteiger partial charge in [0.15, 0.2) is 0 Å². The second kappa shape index (κ2) is 8.70. The lowest BCUT2D eigenvalue weighted by molar-refractivity contribution is -0.127. The second-order valence-corrected chi connectivity index (χ2v) is 4.89. The van der Waals surface area contributed by atoms with E-state index in [0.717, 1.165) is 16.3 Å². The summed E-state index contributed by atoms with van der Waals surface area (Å²) in [4.78, 5) is 23.2. The van der Waals surface area contributed by atoms with Gasteiger partial charge in [-0.25, -0.2) is 0 Å². The van der Waals surface area contributed by atoms with E-state index >= 15 is 0 Å². The van der Waals surface area contributed by atoms with Crippen LogP contribution >= 0.6 is 0 Å². The minimum atomic E-state index is -0.386. The van der Waals surface area contributed by atoms with Gasteiger partial charge in [0.25, 0.3) is 5.91 Å². The maximum Gasteiger partial charge on any atom is 0.262 e. The smallest absolute Gasteiger partial charge is 0.262 e. The number of hydrogen-bond donors (Lipinski definition) is 2. The van der Waals surface area contributed by atoms with E-state index in [1.807, 2.05) is 49.4 Å². The van der Waals surface area contributed by atoms with Crippen LogP contribution in [0.15, 0.2) is 48.5 Å². The SMILES string of the molecule is CCOCCC(=O)NNC(=O)/C=C/c1cccc2ccccc12. The molecule has 2 N–H and O–H groups in total. The number of carbonyl (C=O) groups excluding carboxylic acids is 2. The molecule has 0 aromatic heterocycles. The minimum absolute atomic E-state index is 0.209. The minimum Gasteiger partial charge on any atom is -0.381 e. The Bertz CT molecular complexity index is 705. The van der Waals surface area contributed by atoms with Crippen LogP contribution in [0.25, 0.3) is 16.8 Å². The lowest BCUT2D eigenvalue weighted by Crippen LogP contribution is -2.41. The predicted octanol–water partition coefficient (Wildman–Crippen LogP) is 2.43. The van der Waals surface area contributed by atoms with Crippen LogP contribution in [-0.2, 0) is 14.3 Å². The zero-order valence-electron chi connectivity index (χ0n) is 13.0. The molecular formula is C18H20N2O3. The molecule has 0 aliphatic heterocycles. The van der Waals surface area contributed by atoms with Gasteiger partial charge in [0.1, 0.15) is 0 Å². The van der Waals surface area contributed by atoms with Crippen LogP contribution in [-0.4, -0.2) is 25.0 Å². The van der Waals surface area contributed by atoms with E-state index < -0.39 is 0 Å². The van der Waals surface area contributed by atoms with Crippen LogP contribution in [0.3, 0.4) is 0 Å². The fourth-order valence-corrected chi connectivity index (χ4v) is 2.11. The van der Waals surface area contributed by atoms with Crippen molar-refractivity contribution >= 4 is 28.7 Å². The molecule has 2 amide bonds. The van der Waals surface area contributed by atoms with Crippen molar-refractivity contribution in [2.45, 2.75) is 13.3 Å². The van der Waals surface area contributed by atoms with E-state index in [0.29, 0.717) is 13.2 Å². The van der Waals surface area contributed by atoms with Crippen molar-refractivity contribution in [3.8, 4) is 0 Å². The number of benzene rings is 2. The lowest BCUT2D eigenvalue weighted by atomic mass is 10.0. The normalized spacial score (nSPS) is 10.8. The summed E-state index contributed by atoms with van der Waals surface area (Å²) < 4.78 is 5.07. The number of hydrazine groups is 1. The fourth-order valence-electron chi connectivity index (χ4n) is 2.11. The highest BCUT2D eigenvalue weighted by molar-refractivity contribution is 5.97. The molecule has 0 radical (unpaired) electrons. The fraction of sp³-hybridized carbons (Fsp3) is 0.222. The first-order valence-corrected chi connectivity index (χ1v) is 7.53. The Hall–Kier alpha value is -2.66. The summed E-state index contributed by atoms with van der Waals surface area (Å²) in [6.07, 6.45) is 3.33. The molecule has 0 aliphatic carbocycles. The van der Waals surface area contributed by atoms with E-state index in [-0.39, 0.29) is 18.2 Å². The molecule has 0 fully saturated rings. The van der Waals surface area contributed by atoms with Crippen LogP contribution in [0, 0.1) is 0 Å². The number of hydrogen-bond acceptors (Lipinski definition) is 3. The van der Waals surface area contributed by atoms with Crippen molar-refractivity contribution < 1.29 is 14.3 Å². The number of ether oxygens (including phenoxy) is 1. The van der Waals surface area contributed by atoms with Gasteiger partial charge in [0.2, 0.25) is 5.91 Å². The van der Waals surface area contributed by atoms with E-state index in [1.54, 1.807) is 6.08 Å². The van der Waals surface area contributed by atoms with E-state index in [2.05, 4.69) is 10.9 Å². The van der Waals surface area contributed by atoms with Crippen molar-refractivity contribution in [1.82, 2.24) is 10.9 Å². The predicted molar refractivity (Wildman–Crippen MR) is 90.4 cm³/mol. The number of carbonyl (C=O) groups is 2. The molecule has 5 nitrogen and oxygen atoms in total. The third kappa shape index (κ3) is 5.23. The second-order valence-electron chi connectivity index (χ2n) is 4.89. The Kier molecular flexibility index (Phi) is 6.32. The first-order valence-electron chi connectivity index (χ1n) is 7.53. The molecule has 0 saturated carbocycles. The van der Waals surface area contributed by atoms with E-state index in [9.17, 15) is 9.59 Å². The molecule has 0 aliphatic rings. The van der Waals surface area contributed by atoms with Crippen LogP contribution in [0.5, 0.6) is 0 Å². The van der Waals surface area contributed by atoms with E-state index in [4.69, 9.17) is 4.74 Å². The van der Waals surface area contributed by atoms with Gasteiger partial charge in [-0.3, -0.25) is 20.4 Å². The standard InChI is InChI=1S/C18H20N2O3/c1-2-23-13-12-18(22)20-19-17(21)11-10-15-8-5-7-14-6-3-4-9-16(14)15/h3-11H,2,12-13H2,1H3,(H,19,21)(H,20,22)/b11-10+. The third-order valence-corrected chi connectivity index (χ3v) is 3.24. The molecule has 0 heterocycles. The molecule has 0 saturated heterocycles. The summed E-state index contributed by atoms with van der Waals surface area (Å²) in [6, 6.07) is 13.8. The largest absolute Gasteiger partial charge is 0.381 e. The maximum atomic E-state index is 11.7. The van der Waals surface area contributed by atoms with Gasteiger partial charge in [-0.15, -0.1) is 0 Å². The average Bonchev–Trinajstić information content (AvgIpc) is 2.58. The van der Waals surface area contributed by atoms with Gasteiger partial charge in [-0.1, -0.05) is 42.5 Å². The Labute approximate surface area is 135 Å². The lowest BCUT2D eigenvalue weighted by Gasteiger charge is -2.05. The quantitative estimate of drug-likeness (QED) is 0.489. The van der Waals surface area contributed by atoms with Crippen molar-refractivity contribution in [2.75, 3.05) is 13.2 Å². The summed E-state index contributed by atoms with van der Waals surface area (Å²) in [6.45, 7) is 2.76. The molecule has 2 aromatic rings. The highest BCUT2D eigenvalue weighted by Crippen LogP contribution is 2.19. The first-order chi connectivity index (χ1) is 11.2. The monoisotopic (exact) mass is 312 g/mol. The molecule has 0 bridgehead atoms. The van der Waals surface area contributed by atoms with Gasteiger partial charge in [-0.05, 0) is 29.3 Å². The third-order valence-electron chi connectivity index (χ3n) is 3.24. The molecule has 0 spiro atoms. The van der Waals surface area contributed by atoms with Gasteiger partial charge < -0.3 is 4.74 Å². The van der Waals surface area contributed by atoms with Crippen molar-refractivity contribution in [3.05, 3.63) is 54.1 Å². The van der Waals surface area contributed by atoms with E-state index in [1.165, 1.54) is 6.08 Å². The summed E-state index contributed by atoms with van der Waals surface area (Å²) in [5.41, 5.74) is 5.64. The Morgan fingerprint density at radius 1 is 1.09 bits per heavy atom. The Morgan fingerprint density at radius 2 is 1.87 bits per heavy atom. The van der Waals surface area contributed by atoms with Crippen molar-refractivity contribution in [2.24, 2.45) is 0 Å². The van der Waals surface area contributed by atoms with Gasteiger partial charge in [-0.2, -0.15) is 0 Å². The molecule has 5 heteroatoms. The number of rotatable bonds is 6.